The molecule has 1 aromatic heterocycles. The molecular weight excluding hydrogens is 172 g/mol. The van der Waals surface area contributed by atoms with Crippen molar-refractivity contribution in [2.45, 2.75) is 34.6 Å². The summed E-state index contributed by atoms with van der Waals surface area (Å²) in [6.07, 6.45) is 5.18. The van der Waals surface area contributed by atoms with Crippen molar-refractivity contribution in [2.24, 2.45) is 4.99 Å². The van der Waals surface area contributed by atoms with E-state index in [0.717, 1.165) is 11.4 Å². The molecule has 0 fully saturated rings. The molecule has 0 aliphatic carbocycles. The van der Waals surface area contributed by atoms with Gasteiger partial charge in [-0.2, -0.15) is 0 Å². The van der Waals surface area contributed by atoms with Gasteiger partial charge < -0.3 is 4.98 Å². The van der Waals surface area contributed by atoms with Crippen molar-refractivity contribution in [3.05, 3.63) is 30.5 Å². The zero-order valence-electron chi connectivity index (χ0n) is 9.96. The third kappa shape index (κ3) is 6.23. The van der Waals surface area contributed by atoms with Gasteiger partial charge in [-0.1, -0.05) is 40.3 Å². The predicted molar refractivity (Wildman–Crippen MR) is 66.6 cm³/mol. The molecule has 0 saturated carbocycles. The standard InChI is InChI=1S/C8H10N2.2C2H6/c1-3-5-9-8-7(2)4-6-10-8;2*1-2/h3-6,10H,1H2,2H3;2*1-2H3/b9-5-;;. The largest absolute Gasteiger partial charge is 0.346 e. The summed E-state index contributed by atoms with van der Waals surface area (Å²) in [4.78, 5) is 7.08. The summed E-state index contributed by atoms with van der Waals surface area (Å²) in [5, 5.41) is 0. The second-order valence-corrected chi connectivity index (χ2v) is 2.02. The molecule has 1 aromatic rings. The summed E-state index contributed by atoms with van der Waals surface area (Å²) in [5.74, 6) is 0.903. The topological polar surface area (TPSA) is 28.1 Å². The maximum atomic E-state index is 4.09. The van der Waals surface area contributed by atoms with E-state index < -0.39 is 0 Å². The Bertz CT molecular complexity index is 247. The van der Waals surface area contributed by atoms with Crippen molar-refractivity contribution in [1.82, 2.24) is 4.98 Å². The number of allylic oxidation sites excluding steroid dienone is 1. The van der Waals surface area contributed by atoms with Crippen LogP contribution in [-0.2, 0) is 0 Å². The molecule has 1 N–H and O–H groups in total. The van der Waals surface area contributed by atoms with Crippen LogP contribution in [0.4, 0.5) is 5.82 Å². The zero-order chi connectivity index (χ0) is 11.4. The molecule has 0 radical (unpaired) electrons. The van der Waals surface area contributed by atoms with Gasteiger partial charge >= 0.3 is 0 Å². The second kappa shape index (κ2) is 11.7. The maximum absolute atomic E-state index is 4.09. The van der Waals surface area contributed by atoms with Gasteiger partial charge in [-0.15, -0.1) is 0 Å². The smallest absolute Gasteiger partial charge is 0.132 e. The number of aliphatic imine (C=N–C) groups is 1. The lowest BCUT2D eigenvalue weighted by Crippen LogP contribution is -1.67. The van der Waals surface area contributed by atoms with Crippen LogP contribution in [0.1, 0.15) is 33.3 Å². The number of rotatable bonds is 2. The Morgan fingerprint density at radius 3 is 2.21 bits per heavy atom. The number of hydrogen-bond acceptors (Lipinski definition) is 1. The minimum absolute atomic E-state index is 0.903. The third-order valence-electron chi connectivity index (χ3n) is 1.24. The highest BCUT2D eigenvalue weighted by molar-refractivity contribution is 5.73. The molecule has 0 aromatic carbocycles. The predicted octanol–water partition coefficient (Wildman–Crippen LogP) is 4.26. The van der Waals surface area contributed by atoms with Crippen molar-refractivity contribution < 1.29 is 0 Å². The quantitative estimate of drug-likeness (QED) is 0.681. The molecule has 0 aliphatic rings. The minimum Gasteiger partial charge on any atom is -0.346 e. The number of hydrogen-bond donors (Lipinski definition) is 1. The monoisotopic (exact) mass is 194 g/mol. The first-order valence-electron chi connectivity index (χ1n) is 5.13. The number of H-pyrrole nitrogens is 1. The van der Waals surface area contributed by atoms with Crippen molar-refractivity contribution >= 4 is 12.0 Å². The highest BCUT2D eigenvalue weighted by atomic mass is 14.9. The zero-order valence-corrected chi connectivity index (χ0v) is 9.96. The van der Waals surface area contributed by atoms with Crippen molar-refractivity contribution in [3.8, 4) is 0 Å². The first-order chi connectivity index (χ1) is 6.84. The summed E-state index contributed by atoms with van der Waals surface area (Å²) >= 11 is 0. The van der Waals surface area contributed by atoms with E-state index in [1.165, 1.54) is 0 Å². The molecular formula is C12H22N2. The maximum Gasteiger partial charge on any atom is 0.132 e. The summed E-state index contributed by atoms with van der Waals surface area (Å²) in [6.45, 7) is 13.5. The Morgan fingerprint density at radius 1 is 1.29 bits per heavy atom. The van der Waals surface area contributed by atoms with Gasteiger partial charge in [0.15, 0.2) is 0 Å². The lowest BCUT2D eigenvalue weighted by Gasteiger charge is -1.86. The summed E-state index contributed by atoms with van der Waals surface area (Å²) in [5.41, 5.74) is 1.15. The first kappa shape index (κ1) is 15.2. The van der Waals surface area contributed by atoms with Crippen LogP contribution in [0, 0.1) is 6.92 Å². The average Bonchev–Trinajstić information content (AvgIpc) is 2.67. The van der Waals surface area contributed by atoms with Gasteiger partial charge in [0.2, 0.25) is 0 Å². The van der Waals surface area contributed by atoms with Crippen LogP contribution in [0.5, 0.6) is 0 Å². The van der Waals surface area contributed by atoms with Crippen molar-refractivity contribution in [1.29, 1.82) is 0 Å². The van der Waals surface area contributed by atoms with Crippen LogP contribution in [0.3, 0.4) is 0 Å². The van der Waals surface area contributed by atoms with Crippen LogP contribution in [-0.4, -0.2) is 11.2 Å². The molecule has 0 spiro atoms. The van der Waals surface area contributed by atoms with Crippen LogP contribution >= 0.6 is 0 Å². The molecule has 2 nitrogen and oxygen atoms in total. The number of nitrogens with one attached hydrogen (secondary N) is 1. The van der Waals surface area contributed by atoms with E-state index >= 15 is 0 Å². The minimum atomic E-state index is 0.903. The van der Waals surface area contributed by atoms with E-state index in [-0.39, 0.29) is 0 Å². The van der Waals surface area contributed by atoms with Gasteiger partial charge in [0.1, 0.15) is 5.82 Å². The molecule has 14 heavy (non-hydrogen) atoms. The Labute approximate surface area is 87.8 Å². The Kier molecular flexibility index (Phi) is 12.7. The molecule has 0 atom stereocenters. The summed E-state index contributed by atoms with van der Waals surface area (Å²) < 4.78 is 0. The highest BCUT2D eigenvalue weighted by Gasteiger charge is 1.91. The van der Waals surface area contributed by atoms with Crippen LogP contribution in [0.2, 0.25) is 0 Å². The first-order valence-corrected chi connectivity index (χ1v) is 5.13. The van der Waals surface area contributed by atoms with E-state index in [2.05, 4.69) is 16.6 Å². The fourth-order valence-electron chi connectivity index (χ4n) is 0.705. The van der Waals surface area contributed by atoms with E-state index in [9.17, 15) is 0 Å². The number of nitrogens with zero attached hydrogens (tertiary/aromatic N) is 1. The highest BCUT2D eigenvalue weighted by Crippen LogP contribution is 2.13. The van der Waals surface area contributed by atoms with Gasteiger partial charge in [-0.3, -0.25) is 0 Å². The molecule has 2 heteroatoms. The van der Waals surface area contributed by atoms with Crippen LogP contribution < -0.4 is 0 Å². The van der Waals surface area contributed by atoms with Gasteiger partial charge in [-0.05, 0) is 18.6 Å². The molecule has 80 valence electrons. The molecule has 0 saturated heterocycles. The van der Waals surface area contributed by atoms with Gasteiger partial charge in [-0.25, -0.2) is 4.99 Å². The second-order valence-electron chi connectivity index (χ2n) is 2.02. The Hall–Kier alpha value is -1.31. The molecule has 0 unspecified atom stereocenters. The van der Waals surface area contributed by atoms with Crippen LogP contribution in [0.15, 0.2) is 29.9 Å². The van der Waals surface area contributed by atoms with Crippen molar-refractivity contribution in [2.75, 3.05) is 0 Å². The molecule has 0 amide bonds. The molecule has 0 aliphatic heterocycles. The Balaban J connectivity index is 0. The summed E-state index contributed by atoms with van der Waals surface area (Å²) in [7, 11) is 0. The van der Waals surface area contributed by atoms with E-state index in [0.29, 0.717) is 0 Å². The SMILES string of the molecule is C=C/C=N\c1[nH]ccc1C.CC.CC. The fraction of sp³-hybridized carbons (Fsp3) is 0.417. The molecule has 1 heterocycles. The van der Waals surface area contributed by atoms with Crippen molar-refractivity contribution in [3.63, 3.8) is 0 Å². The van der Waals surface area contributed by atoms with Gasteiger partial charge in [0.25, 0.3) is 0 Å². The fourth-order valence-corrected chi connectivity index (χ4v) is 0.705. The average molecular weight is 194 g/mol. The lowest BCUT2D eigenvalue weighted by molar-refractivity contribution is 1.32. The van der Waals surface area contributed by atoms with Gasteiger partial charge in [0.05, 0.1) is 0 Å². The van der Waals surface area contributed by atoms with E-state index in [1.807, 2.05) is 46.9 Å². The van der Waals surface area contributed by atoms with E-state index in [4.69, 9.17) is 0 Å². The number of aromatic amines is 1. The number of aryl methyl sites for hydroxylation is 1. The Morgan fingerprint density at radius 2 is 1.86 bits per heavy atom. The van der Waals surface area contributed by atoms with Crippen LogP contribution in [0.25, 0.3) is 0 Å². The summed E-state index contributed by atoms with van der Waals surface area (Å²) in [6, 6.07) is 1.98. The molecule has 0 bridgehead atoms. The third-order valence-corrected chi connectivity index (χ3v) is 1.24. The molecule has 1 rings (SSSR count). The number of aromatic nitrogens is 1. The van der Waals surface area contributed by atoms with Gasteiger partial charge in [0, 0.05) is 12.4 Å². The van der Waals surface area contributed by atoms with E-state index in [1.54, 1.807) is 12.3 Å². The normalized spacial score (nSPS) is 8.36. The lowest BCUT2D eigenvalue weighted by atomic mass is 10.4.